The molecule has 6 heteroatoms. The van der Waals surface area contributed by atoms with Crippen LogP contribution in [0, 0.1) is 0 Å². The maximum Gasteiger partial charge on any atom is 0.258 e. The first-order valence-electron chi connectivity index (χ1n) is 6.72. The number of nitrogens with two attached hydrogens (primary N) is 1. The van der Waals surface area contributed by atoms with E-state index in [-0.39, 0.29) is 6.04 Å². The number of nitrogens with zero attached hydrogens (tertiary/aromatic N) is 4. The van der Waals surface area contributed by atoms with Gasteiger partial charge in [0.1, 0.15) is 0 Å². The van der Waals surface area contributed by atoms with Crippen LogP contribution in [0.5, 0.6) is 0 Å². The first-order chi connectivity index (χ1) is 9.63. The van der Waals surface area contributed by atoms with Crippen molar-refractivity contribution in [2.45, 2.75) is 6.04 Å². The summed E-state index contributed by atoms with van der Waals surface area (Å²) in [6, 6.07) is 7.66. The largest absolute Gasteiger partial charge is 0.399 e. The molecule has 2 N–H and O–H groups in total. The van der Waals surface area contributed by atoms with Crippen LogP contribution in [0.2, 0.25) is 0 Å². The Morgan fingerprint density at radius 1 is 1.30 bits per heavy atom. The summed E-state index contributed by atoms with van der Waals surface area (Å²) >= 11 is 0. The number of rotatable bonds is 2. The zero-order valence-corrected chi connectivity index (χ0v) is 11.8. The highest BCUT2D eigenvalue weighted by Gasteiger charge is 2.28. The van der Waals surface area contributed by atoms with Crippen LogP contribution in [0.1, 0.15) is 11.9 Å². The van der Waals surface area contributed by atoms with Crippen LogP contribution in [0.4, 0.5) is 5.69 Å². The van der Waals surface area contributed by atoms with E-state index in [9.17, 15) is 0 Å². The van der Waals surface area contributed by atoms with Crippen molar-refractivity contribution in [3.8, 4) is 11.5 Å². The highest BCUT2D eigenvalue weighted by molar-refractivity contribution is 5.59. The maximum absolute atomic E-state index is 5.78. The van der Waals surface area contributed by atoms with E-state index in [4.69, 9.17) is 10.3 Å². The Balaban J connectivity index is 1.86. The molecular weight excluding hydrogens is 254 g/mol. The van der Waals surface area contributed by atoms with Gasteiger partial charge in [-0.25, -0.2) is 0 Å². The molecule has 1 unspecified atom stereocenters. The molecule has 1 aromatic carbocycles. The molecule has 2 heterocycles. The predicted molar refractivity (Wildman–Crippen MR) is 77.0 cm³/mol. The third-order valence-electron chi connectivity index (χ3n) is 3.72. The van der Waals surface area contributed by atoms with Crippen LogP contribution in [-0.4, -0.2) is 53.7 Å². The lowest BCUT2D eigenvalue weighted by atomic mass is 10.1. The molecule has 1 aromatic heterocycles. The van der Waals surface area contributed by atoms with Gasteiger partial charge in [0.05, 0.1) is 6.04 Å². The summed E-state index contributed by atoms with van der Waals surface area (Å²) in [4.78, 5) is 9.07. The lowest BCUT2D eigenvalue weighted by molar-refractivity contribution is 0.108. The minimum Gasteiger partial charge on any atom is -0.399 e. The minimum atomic E-state index is 0.173. The van der Waals surface area contributed by atoms with Crippen LogP contribution < -0.4 is 5.73 Å². The Bertz CT molecular complexity index is 597. The van der Waals surface area contributed by atoms with Crippen molar-refractivity contribution in [1.29, 1.82) is 0 Å². The second kappa shape index (κ2) is 5.22. The van der Waals surface area contributed by atoms with E-state index < -0.39 is 0 Å². The molecule has 1 atom stereocenters. The molecule has 1 saturated heterocycles. The van der Waals surface area contributed by atoms with Crippen molar-refractivity contribution in [3.63, 3.8) is 0 Å². The topological polar surface area (TPSA) is 71.4 Å². The number of anilines is 1. The zero-order chi connectivity index (χ0) is 14.1. The van der Waals surface area contributed by atoms with Gasteiger partial charge < -0.3 is 15.2 Å². The Kier molecular flexibility index (Phi) is 3.42. The summed E-state index contributed by atoms with van der Waals surface area (Å²) in [6.45, 7) is 2.97. The lowest BCUT2D eigenvalue weighted by Crippen LogP contribution is -2.45. The van der Waals surface area contributed by atoms with Crippen molar-refractivity contribution in [3.05, 3.63) is 30.1 Å². The number of likely N-dealkylation sites (N-methyl/N-ethyl adjacent to an activating group) is 2. The average Bonchev–Trinajstić information content (AvgIpc) is 2.91. The van der Waals surface area contributed by atoms with Gasteiger partial charge in [0.25, 0.3) is 5.89 Å². The number of hydrogen-bond acceptors (Lipinski definition) is 6. The summed E-state index contributed by atoms with van der Waals surface area (Å²) in [6.07, 6.45) is 0. The van der Waals surface area contributed by atoms with Crippen LogP contribution in [0.15, 0.2) is 28.8 Å². The van der Waals surface area contributed by atoms with Crippen molar-refractivity contribution >= 4 is 5.69 Å². The molecule has 6 nitrogen and oxygen atoms in total. The van der Waals surface area contributed by atoms with Crippen LogP contribution in [-0.2, 0) is 0 Å². The number of hydrogen-bond donors (Lipinski definition) is 1. The molecule has 0 amide bonds. The highest BCUT2D eigenvalue weighted by atomic mass is 16.5. The van der Waals surface area contributed by atoms with Crippen molar-refractivity contribution < 1.29 is 4.52 Å². The first-order valence-corrected chi connectivity index (χ1v) is 6.72. The van der Waals surface area contributed by atoms with E-state index in [0.29, 0.717) is 11.6 Å². The maximum atomic E-state index is 5.78. The van der Waals surface area contributed by atoms with E-state index in [2.05, 4.69) is 34.0 Å². The number of piperazine rings is 1. The third-order valence-corrected chi connectivity index (χ3v) is 3.72. The SMILES string of the molecule is CN1CCN(C)C(c2noc(-c3cccc(N)c3)n2)C1. The molecule has 1 aliphatic rings. The molecular formula is C14H19N5O. The fraction of sp³-hybridized carbons (Fsp3) is 0.429. The van der Waals surface area contributed by atoms with Crippen molar-refractivity contribution in [2.24, 2.45) is 0 Å². The molecule has 0 spiro atoms. The van der Waals surface area contributed by atoms with E-state index in [1.54, 1.807) is 0 Å². The van der Waals surface area contributed by atoms with E-state index >= 15 is 0 Å². The molecule has 3 rings (SSSR count). The monoisotopic (exact) mass is 273 g/mol. The normalized spacial score (nSPS) is 21.2. The number of nitrogen functional groups attached to an aromatic ring is 1. The van der Waals surface area contributed by atoms with Crippen LogP contribution >= 0.6 is 0 Å². The van der Waals surface area contributed by atoms with Gasteiger partial charge in [-0.15, -0.1) is 0 Å². The van der Waals surface area contributed by atoms with Gasteiger partial charge in [-0.1, -0.05) is 11.2 Å². The Morgan fingerprint density at radius 3 is 2.95 bits per heavy atom. The molecule has 0 aliphatic carbocycles. The quantitative estimate of drug-likeness (QED) is 0.830. The van der Waals surface area contributed by atoms with Crippen LogP contribution in [0.25, 0.3) is 11.5 Å². The average molecular weight is 273 g/mol. The van der Waals surface area contributed by atoms with E-state index in [1.807, 2.05) is 24.3 Å². The van der Waals surface area contributed by atoms with Gasteiger partial charge in [0, 0.05) is 30.9 Å². The van der Waals surface area contributed by atoms with Crippen molar-refractivity contribution in [2.75, 3.05) is 39.5 Å². The summed E-state index contributed by atoms with van der Waals surface area (Å²) in [7, 11) is 4.20. The Morgan fingerprint density at radius 2 is 2.15 bits per heavy atom. The molecule has 1 fully saturated rings. The van der Waals surface area contributed by atoms with Crippen LogP contribution in [0.3, 0.4) is 0 Å². The third kappa shape index (κ3) is 2.52. The summed E-state index contributed by atoms with van der Waals surface area (Å²) < 4.78 is 5.38. The summed E-state index contributed by atoms with van der Waals surface area (Å²) in [5, 5.41) is 4.14. The predicted octanol–water partition coefficient (Wildman–Crippen LogP) is 1.24. The van der Waals surface area contributed by atoms with Gasteiger partial charge in [0.2, 0.25) is 0 Å². The summed E-state index contributed by atoms with van der Waals surface area (Å²) in [5.74, 6) is 1.26. The zero-order valence-electron chi connectivity index (χ0n) is 11.8. The molecule has 0 bridgehead atoms. The van der Waals surface area contributed by atoms with Crippen molar-refractivity contribution in [1.82, 2.24) is 19.9 Å². The smallest absolute Gasteiger partial charge is 0.258 e. The standard InChI is InChI=1S/C14H19N5O/c1-18-6-7-19(2)12(9-18)13-16-14(20-17-13)10-4-3-5-11(15)8-10/h3-5,8,12H,6-7,9,15H2,1-2H3. The van der Waals surface area contributed by atoms with Gasteiger partial charge in [0.15, 0.2) is 5.82 Å². The molecule has 2 aromatic rings. The fourth-order valence-electron chi connectivity index (χ4n) is 2.45. The molecule has 0 radical (unpaired) electrons. The number of aromatic nitrogens is 2. The Labute approximate surface area is 118 Å². The minimum absolute atomic E-state index is 0.173. The van der Waals surface area contributed by atoms with Gasteiger partial charge in [-0.2, -0.15) is 4.98 Å². The highest BCUT2D eigenvalue weighted by Crippen LogP contribution is 2.25. The molecule has 106 valence electrons. The van der Waals surface area contributed by atoms with E-state index in [0.717, 1.165) is 31.0 Å². The fourth-order valence-corrected chi connectivity index (χ4v) is 2.45. The molecule has 20 heavy (non-hydrogen) atoms. The second-order valence-electron chi connectivity index (χ2n) is 5.34. The Hall–Kier alpha value is -1.92. The second-order valence-corrected chi connectivity index (χ2v) is 5.34. The lowest BCUT2D eigenvalue weighted by Gasteiger charge is -2.35. The van der Waals surface area contributed by atoms with E-state index in [1.165, 1.54) is 0 Å². The number of benzene rings is 1. The first kappa shape index (κ1) is 13.1. The van der Waals surface area contributed by atoms with Gasteiger partial charge in [-0.05, 0) is 32.3 Å². The summed E-state index contributed by atoms with van der Waals surface area (Å²) in [5.41, 5.74) is 7.33. The van der Waals surface area contributed by atoms with Gasteiger partial charge >= 0.3 is 0 Å². The molecule has 1 aliphatic heterocycles. The molecule has 0 saturated carbocycles. The van der Waals surface area contributed by atoms with Gasteiger partial charge in [-0.3, -0.25) is 4.90 Å².